The number of rotatable bonds is 11. The largest absolute Gasteiger partial charge is 0.461 e. The number of amides is 1. The van der Waals surface area contributed by atoms with Crippen LogP contribution in [0.2, 0.25) is 0 Å². The van der Waals surface area contributed by atoms with E-state index in [1.54, 1.807) is 98.8 Å². The molecule has 9 nitrogen and oxygen atoms in total. The molecule has 4 atom stereocenters. The van der Waals surface area contributed by atoms with Gasteiger partial charge in [0, 0.05) is 20.6 Å². The fourth-order valence-electron chi connectivity index (χ4n) is 5.73. The number of carbonyl (C=O) groups is 3. The molecule has 0 aromatic heterocycles. The lowest BCUT2D eigenvalue weighted by atomic mass is 9.89. The number of methoxy groups -OCH3 is 1. The molecule has 0 radical (unpaired) electrons. The summed E-state index contributed by atoms with van der Waals surface area (Å²) in [6, 6.07) is 28.3. The van der Waals surface area contributed by atoms with E-state index in [4.69, 9.17) is 23.7 Å². The van der Waals surface area contributed by atoms with Gasteiger partial charge in [-0.25, -0.2) is 14.0 Å². The predicted molar refractivity (Wildman–Crippen MR) is 176 cm³/mol. The number of carbonyl (C=O) groups excluding carboxylic acids is 3. The Balaban J connectivity index is 1.53. The molecule has 0 saturated carbocycles. The van der Waals surface area contributed by atoms with Gasteiger partial charge in [-0.2, -0.15) is 0 Å². The van der Waals surface area contributed by atoms with Crippen LogP contribution in [-0.2, 0) is 30.2 Å². The van der Waals surface area contributed by atoms with Crippen molar-refractivity contribution in [1.29, 1.82) is 0 Å². The zero-order valence-electron chi connectivity index (χ0n) is 27.2. The summed E-state index contributed by atoms with van der Waals surface area (Å²) in [5.74, 6) is -1.57. The lowest BCUT2D eigenvalue weighted by molar-refractivity contribution is -0.304. The molecule has 0 aliphatic carbocycles. The molecule has 4 aromatic rings. The smallest absolute Gasteiger partial charge is 0.338 e. The number of nitrogens with one attached hydrogen (secondary N) is 1. The van der Waals surface area contributed by atoms with Crippen LogP contribution in [0.1, 0.15) is 47.1 Å². The van der Waals surface area contributed by atoms with Gasteiger partial charge in [0.05, 0.1) is 16.7 Å². The van der Waals surface area contributed by atoms with E-state index in [0.29, 0.717) is 35.4 Å². The SMILES string of the molecule is CO[C@@H]1[C@@H](OC(=O)c2ccccc2)[C@@H](OC(=O)c2ccccc2)[C@H](Oc2ccc(CCNC(C)=O)c(-c3cccc(F)c3)c2)OC1(C)C. The highest BCUT2D eigenvalue weighted by atomic mass is 19.1. The van der Waals surface area contributed by atoms with Gasteiger partial charge in [-0.15, -0.1) is 0 Å². The van der Waals surface area contributed by atoms with Crippen LogP contribution in [0.5, 0.6) is 5.75 Å². The average Bonchev–Trinajstić information content (AvgIpc) is 3.07. The standard InChI is InChI=1S/C38H38FNO8/c1-24(41)40-21-20-25-18-19-30(23-31(25)28-16-11-17-29(39)22-28)45-37-33(47-36(43)27-14-9-6-10-15-27)32(34(44-4)38(2,3)48-37)46-35(42)26-12-7-5-8-13-26/h5-19,22-23,32-34,37H,20-21H2,1-4H3,(H,40,41)/t32-,33+,34+,37+/m0/s1. The number of hydrogen-bond donors (Lipinski definition) is 1. The van der Waals surface area contributed by atoms with Gasteiger partial charge in [-0.05, 0) is 85.5 Å². The van der Waals surface area contributed by atoms with Crippen LogP contribution < -0.4 is 10.1 Å². The van der Waals surface area contributed by atoms with Crippen molar-refractivity contribution < 1.29 is 42.5 Å². The topological polar surface area (TPSA) is 109 Å². The minimum atomic E-state index is -1.28. The second kappa shape index (κ2) is 15.2. The Morgan fingerprint density at radius 1 is 0.812 bits per heavy atom. The summed E-state index contributed by atoms with van der Waals surface area (Å²) in [7, 11) is 1.46. The first-order valence-electron chi connectivity index (χ1n) is 15.6. The van der Waals surface area contributed by atoms with Crippen molar-refractivity contribution in [2.75, 3.05) is 13.7 Å². The molecule has 1 aliphatic heterocycles. The molecule has 1 aliphatic rings. The van der Waals surface area contributed by atoms with E-state index in [2.05, 4.69) is 5.32 Å². The third-order valence-corrected chi connectivity index (χ3v) is 7.99. The summed E-state index contributed by atoms with van der Waals surface area (Å²) in [5.41, 5.74) is 1.61. The van der Waals surface area contributed by atoms with Gasteiger partial charge >= 0.3 is 11.9 Å². The quantitative estimate of drug-likeness (QED) is 0.192. The first-order valence-corrected chi connectivity index (χ1v) is 15.6. The summed E-state index contributed by atoms with van der Waals surface area (Å²) in [6.07, 6.45) is -4.08. The zero-order valence-corrected chi connectivity index (χ0v) is 27.2. The first kappa shape index (κ1) is 34.3. The van der Waals surface area contributed by atoms with Gasteiger partial charge in [0.1, 0.15) is 17.7 Å². The van der Waals surface area contributed by atoms with E-state index in [-0.39, 0.29) is 11.5 Å². The normalized spacial score (nSPS) is 19.9. The van der Waals surface area contributed by atoms with Gasteiger partial charge in [-0.3, -0.25) is 4.79 Å². The molecule has 0 unspecified atom stereocenters. The molecular weight excluding hydrogens is 617 g/mol. The van der Waals surface area contributed by atoms with Crippen LogP contribution in [0.4, 0.5) is 4.39 Å². The van der Waals surface area contributed by atoms with Gasteiger partial charge in [0.2, 0.25) is 18.3 Å². The third kappa shape index (κ3) is 8.26. The maximum absolute atomic E-state index is 14.3. The summed E-state index contributed by atoms with van der Waals surface area (Å²) < 4.78 is 45.1. The summed E-state index contributed by atoms with van der Waals surface area (Å²) >= 11 is 0. The molecule has 250 valence electrons. The number of benzene rings is 4. The van der Waals surface area contributed by atoms with Crippen molar-refractivity contribution in [2.24, 2.45) is 0 Å². The molecule has 1 N–H and O–H groups in total. The Morgan fingerprint density at radius 2 is 1.44 bits per heavy atom. The molecule has 5 rings (SSSR count). The number of ether oxygens (including phenoxy) is 5. The van der Waals surface area contributed by atoms with Gasteiger partial charge in [0.25, 0.3) is 0 Å². The van der Waals surface area contributed by atoms with E-state index in [9.17, 15) is 18.8 Å². The number of hydrogen-bond acceptors (Lipinski definition) is 8. The Morgan fingerprint density at radius 3 is 2.02 bits per heavy atom. The number of esters is 2. The van der Waals surface area contributed by atoms with Crippen LogP contribution in [0.3, 0.4) is 0 Å². The Hall–Kier alpha value is -5.06. The third-order valence-electron chi connectivity index (χ3n) is 7.99. The molecule has 0 bridgehead atoms. The highest BCUT2D eigenvalue weighted by Gasteiger charge is 2.55. The van der Waals surface area contributed by atoms with Crippen LogP contribution in [0, 0.1) is 5.82 Å². The summed E-state index contributed by atoms with van der Waals surface area (Å²) in [6.45, 7) is 5.34. The minimum absolute atomic E-state index is 0.160. The highest BCUT2D eigenvalue weighted by Crippen LogP contribution is 2.38. The van der Waals surface area contributed by atoms with Crippen LogP contribution >= 0.6 is 0 Å². The lowest BCUT2D eigenvalue weighted by Gasteiger charge is -2.48. The van der Waals surface area contributed by atoms with E-state index in [1.807, 2.05) is 6.07 Å². The fraction of sp³-hybridized carbons (Fsp3) is 0.289. The minimum Gasteiger partial charge on any atom is -0.461 e. The van der Waals surface area contributed by atoms with Crippen molar-refractivity contribution in [3.8, 4) is 16.9 Å². The molecule has 10 heteroatoms. The second-order valence-electron chi connectivity index (χ2n) is 11.9. The molecule has 1 heterocycles. The maximum Gasteiger partial charge on any atom is 0.338 e. The Labute approximate surface area is 278 Å². The maximum atomic E-state index is 14.3. The predicted octanol–water partition coefficient (Wildman–Crippen LogP) is 6.15. The monoisotopic (exact) mass is 655 g/mol. The van der Waals surface area contributed by atoms with E-state index in [1.165, 1.54) is 26.2 Å². The summed E-state index contributed by atoms with van der Waals surface area (Å²) in [4.78, 5) is 38.3. The van der Waals surface area contributed by atoms with Gasteiger partial charge in [0.15, 0.2) is 6.10 Å². The van der Waals surface area contributed by atoms with Crippen molar-refractivity contribution in [3.05, 3.63) is 126 Å². The Bertz CT molecular complexity index is 1730. The highest BCUT2D eigenvalue weighted by molar-refractivity contribution is 5.90. The van der Waals surface area contributed by atoms with E-state index in [0.717, 1.165) is 5.56 Å². The van der Waals surface area contributed by atoms with Crippen molar-refractivity contribution >= 4 is 17.8 Å². The van der Waals surface area contributed by atoms with Crippen LogP contribution in [-0.4, -0.2) is 61.7 Å². The molecule has 48 heavy (non-hydrogen) atoms. The first-order chi connectivity index (χ1) is 23.1. The van der Waals surface area contributed by atoms with Gasteiger partial charge < -0.3 is 29.0 Å². The van der Waals surface area contributed by atoms with Crippen molar-refractivity contribution in [1.82, 2.24) is 5.32 Å². The molecule has 1 amide bonds. The van der Waals surface area contributed by atoms with Crippen molar-refractivity contribution in [3.63, 3.8) is 0 Å². The van der Waals surface area contributed by atoms with Crippen molar-refractivity contribution in [2.45, 2.75) is 57.4 Å². The van der Waals surface area contributed by atoms with Gasteiger partial charge in [-0.1, -0.05) is 54.6 Å². The zero-order chi connectivity index (χ0) is 34.3. The van der Waals surface area contributed by atoms with Crippen LogP contribution in [0.25, 0.3) is 11.1 Å². The average molecular weight is 656 g/mol. The molecule has 1 fully saturated rings. The second-order valence-corrected chi connectivity index (χ2v) is 11.9. The molecule has 0 spiro atoms. The summed E-state index contributed by atoms with van der Waals surface area (Å²) in [5, 5.41) is 2.79. The Kier molecular flexibility index (Phi) is 10.9. The lowest BCUT2D eigenvalue weighted by Crippen LogP contribution is -2.66. The van der Waals surface area contributed by atoms with E-state index < -0.39 is 48.0 Å². The number of halogens is 1. The molecule has 4 aromatic carbocycles. The molecular formula is C38H38FNO8. The van der Waals surface area contributed by atoms with E-state index >= 15 is 0 Å². The molecule has 1 saturated heterocycles. The fourth-order valence-corrected chi connectivity index (χ4v) is 5.73. The van der Waals surface area contributed by atoms with Crippen LogP contribution in [0.15, 0.2) is 103 Å².